The van der Waals surface area contributed by atoms with Crippen LogP contribution in [0.2, 0.25) is 10.0 Å². The third kappa shape index (κ3) is 4.59. The summed E-state index contributed by atoms with van der Waals surface area (Å²) in [6, 6.07) is 12.6. The van der Waals surface area contributed by atoms with Crippen LogP contribution in [0.3, 0.4) is 0 Å². The molecular weight excluding hydrogens is 456 g/mol. The molecule has 0 aliphatic carbocycles. The van der Waals surface area contributed by atoms with Crippen LogP contribution in [0.4, 0.5) is 15.8 Å². The van der Waals surface area contributed by atoms with Crippen LogP contribution in [-0.4, -0.2) is 42.9 Å². The fraction of sp³-hybridized carbons (Fsp3) is 0.217. The highest BCUT2D eigenvalue weighted by atomic mass is 35.5. The number of para-hydroxylation sites is 1. The van der Waals surface area contributed by atoms with Crippen molar-refractivity contribution in [2.24, 2.45) is 0 Å². The van der Waals surface area contributed by atoms with E-state index in [-0.39, 0.29) is 16.7 Å². The molecule has 2 amide bonds. The van der Waals surface area contributed by atoms with Gasteiger partial charge < -0.3 is 19.5 Å². The molecular formula is C23H20Cl2FN3O3. The maximum absolute atomic E-state index is 13.4. The van der Waals surface area contributed by atoms with Crippen molar-refractivity contribution in [2.45, 2.75) is 6.92 Å². The van der Waals surface area contributed by atoms with E-state index >= 15 is 0 Å². The van der Waals surface area contributed by atoms with E-state index in [4.69, 9.17) is 27.6 Å². The summed E-state index contributed by atoms with van der Waals surface area (Å²) >= 11 is 12.3. The summed E-state index contributed by atoms with van der Waals surface area (Å²) in [4.78, 5) is 28.3. The fourth-order valence-electron chi connectivity index (χ4n) is 3.63. The molecule has 2 aromatic carbocycles. The summed E-state index contributed by atoms with van der Waals surface area (Å²) in [7, 11) is 0. The van der Waals surface area contributed by atoms with E-state index in [1.165, 1.54) is 24.3 Å². The Kier molecular flexibility index (Phi) is 6.39. The van der Waals surface area contributed by atoms with Crippen LogP contribution < -0.4 is 10.2 Å². The molecule has 6 nitrogen and oxygen atoms in total. The molecule has 3 aromatic rings. The van der Waals surface area contributed by atoms with E-state index in [0.29, 0.717) is 53.9 Å². The van der Waals surface area contributed by atoms with Crippen molar-refractivity contribution in [1.82, 2.24) is 4.90 Å². The average molecular weight is 476 g/mol. The zero-order valence-corrected chi connectivity index (χ0v) is 18.7. The number of furan rings is 1. The Labute approximate surface area is 194 Å². The minimum Gasteiger partial charge on any atom is -0.451 e. The molecule has 1 N–H and O–H groups in total. The van der Waals surface area contributed by atoms with Crippen LogP contribution in [0.5, 0.6) is 0 Å². The number of nitrogens with zero attached hydrogens (tertiary/aromatic N) is 2. The van der Waals surface area contributed by atoms with E-state index in [9.17, 15) is 14.0 Å². The van der Waals surface area contributed by atoms with E-state index < -0.39 is 11.7 Å². The minimum atomic E-state index is -0.530. The van der Waals surface area contributed by atoms with Crippen molar-refractivity contribution in [1.29, 1.82) is 0 Å². The minimum absolute atomic E-state index is 0.0293. The number of benzene rings is 2. The van der Waals surface area contributed by atoms with Gasteiger partial charge in [-0.2, -0.15) is 0 Å². The van der Waals surface area contributed by atoms with Crippen molar-refractivity contribution >= 4 is 46.4 Å². The molecule has 0 radical (unpaired) electrons. The third-order valence-corrected chi connectivity index (χ3v) is 5.90. The molecule has 0 atom stereocenters. The lowest BCUT2D eigenvalue weighted by molar-refractivity contribution is -0.129. The van der Waals surface area contributed by atoms with Gasteiger partial charge in [0.1, 0.15) is 11.6 Å². The Morgan fingerprint density at radius 1 is 1.00 bits per heavy atom. The number of carbonyl (C=O) groups is 2. The lowest BCUT2D eigenvalue weighted by Crippen LogP contribution is -2.48. The molecule has 1 aliphatic rings. The number of piperazine rings is 1. The van der Waals surface area contributed by atoms with Gasteiger partial charge in [-0.15, -0.1) is 0 Å². The number of hydrogen-bond donors (Lipinski definition) is 1. The number of nitrogens with one attached hydrogen (secondary N) is 1. The van der Waals surface area contributed by atoms with Gasteiger partial charge in [0.25, 0.3) is 5.91 Å². The van der Waals surface area contributed by atoms with Gasteiger partial charge >= 0.3 is 0 Å². The summed E-state index contributed by atoms with van der Waals surface area (Å²) in [5.41, 5.74) is 1.80. The van der Waals surface area contributed by atoms with Crippen molar-refractivity contribution in [3.8, 4) is 11.3 Å². The second-order valence-electron chi connectivity index (χ2n) is 7.38. The molecule has 166 valence electrons. The number of carbonyl (C=O) groups excluding carboxylic acids is 2. The molecule has 32 heavy (non-hydrogen) atoms. The van der Waals surface area contributed by atoms with Crippen molar-refractivity contribution in [2.75, 3.05) is 36.4 Å². The second kappa shape index (κ2) is 9.22. The normalized spacial score (nSPS) is 13.9. The molecule has 9 heteroatoms. The zero-order valence-electron chi connectivity index (χ0n) is 17.2. The van der Waals surface area contributed by atoms with Gasteiger partial charge in [-0.3, -0.25) is 9.59 Å². The Morgan fingerprint density at radius 3 is 2.44 bits per heavy atom. The van der Waals surface area contributed by atoms with Gasteiger partial charge in [-0.05, 0) is 42.5 Å². The van der Waals surface area contributed by atoms with Gasteiger partial charge in [0, 0.05) is 38.7 Å². The van der Waals surface area contributed by atoms with Crippen molar-refractivity contribution < 1.29 is 18.4 Å². The molecule has 1 aromatic heterocycles. The first-order chi connectivity index (χ1) is 15.3. The van der Waals surface area contributed by atoms with E-state index in [0.717, 1.165) is 0 Å². The SMILES string of the molecule is CC(=O)N1CCN(c2c(Cl)cccc2NC(=O)c2ccc(-c3ccc(F)c(Cl)c3)o2)CC1. The van der Waals surface area contributed by atoms with Crippen LogP contribution in [-0.2, 0) is 4.79 Å². The number of hydrogen-bond acceptors (Lipinski definition) is 4. The highest BCUT2D eigenvalue weighted by Crippen LogP contribution is 2.35. The third-order valence-electron chi connectivity index (χ3n) is 5.31. The number of halogens is 3. The predicted molar refractivity (Wildman–Crippen MR) is 123 cm³/mol. The van der Waals surface area contributed by atoms with Gasteiger partial charge in [0.05, 0.1) is 21.4 Å². The Bertz CT molecular complexity index is 1170. The van der Waals surface area contributed by atoms with Crippen molar-refractivity contribution in [3.63, 3.8) is 0 Å². The largest absolute Gasteiger partial charge is 0.451 e. The standard InChI is InChI=1S/C23H20Cl2FN3O3/c1-14(30)28-9-11-29(12-10-28)22-16(24)3-2-4-19(22)27-23(31)21-8-7-20(32-21)15-5-6-18(26)17(25)13-15/h2-8,13H,9-12H2,1H3,(H,27,31). The predicted octanol–water partition coefficient (Wildman–Crippen LogP) is 5.31. The monoisotopic (exact) mass is 475 g/mol. The molecule has 0 spiro atoms. The van der Waals surface area contributed by atoms with Gasteiger partial charge in [-0.25, -0.2) is 4.39 Å². The summed E-state index contributed by atoms with van der Waals surface area (Å²) in [5, 5.41) is 3.33. The van der Waals surface area contributed by atoms with Crippen LogP contribution in [0.1, 0.15) is 17.5 Å². The molecule has 1 aliphatic heterocycles. The Morgan fingerprint density at radius 2 is 1.75 bits per heavy atom. The summed E-state index contributed by atoms with van der Waals surface area (Å²) in [6.45, 7) is 3.91. The first kappa shape index (κ1) is 22.2. The lowest BCUT2D eigenvalue weighted by Gasteiger charge is -2.36. The van der Waals surface area contributed by atoms with E-state index in [2.05, 4.69) is 5.32 Å². The topological polar surface area (TPSA) is 65.8 Å². The second-order valence-corrected chi connectivity index (χ2v) is 8.19. The lowest BCUT2D eigenvalue weighted by atomic mass is 10.2. The highest BCUT2D eigenvalue weighted by Gasteiger charge is 2.24. The smallest absolute Gasteiger partial charge is 0.291 e. The molecule has 0 bridgehead atoms. The first-order valence-corrected chi connectivity index (χ1v) is 10.7. The van der Waals surface area contributed by atoms with Gasteiger partial charge in [-0.1, -0.05) is 29.3 Å². The number of rotatable bonds is 4. The van der Waals surface area contributed by atoms with Crippen LogP contribution in [0.25, 0.3) is 11.3 Å². The van der Waals surface area contributed by atoms with E-state index in [1.54, 1.807) is 36.1 Å². The maximum atomic E-state index is 13.4. The van der Waals surface area contributed by atoms with Crippen LogP contribution in [0, 0.1) is 5.82 Å². The summed E-state index contributed by atoms with van der Waals surface area (Å²) in [5.74, 6) is -0.460. The summed E-state index contributed by atoms with van der Waals surface area (Å²) < 4.78 is 19.1. The molecule has 4 rings (SSSR count). The molecule has 0 saturated carbocycles. The highest BCUT2D eigenvalue weighted by molar-refractivity contribution is 6.34. The van der Waals surface area contributed by atoms with Crippen LogP contribution >= 0.6 is 23.2 Å². The quantitative estimate of drug-likeness (QED) is 0.554. The molecule has 2 heterocycles. The molecule has 1 fully saturated rings. The zero-order chi connectivity index (χ0) is 22.8. The summed E-state index contributed by atoms with van der Waals surface area (Å²) in [6.07, 6.45) is 0. The fourth-order valence-corrected chi connectivity index (χ4v) is 4.11. The first-order valence-electron chi connectivity index (χ1n) is 9.99. The van der Waals surface area contributed by atoms with E-state index in [1.807, 2.05) is 4.90 Å². The Hall–Kier alpha value is -3.03. The van der Waals surface area contributed by atoms with Crippen molar-refractivity contribution in [3.05, 3.63) is 70.2 Å². The average Bonchev–Trinajstić information content (AvgIpc) is 3.26. The van der Waals surface area contributed by atoms with Gasteiger partial charge in [0.2, 0.25) is 5.91 Å². The molecule has 0 unspecified atom stereocenters. The molecule has 1 saturated heterocycles. The van der Waals surface area contributed by atoms with Gasteiger partial charge in [0.15, 0.2) is 5.76 Å². The maximum Gasteiger partial charge on any atom is 0.291 e. The van der Waals surface area contributed by atoms with Crippen LogP contribution in [0.15, 0.2) is 52.9 Å². The number of anilines is 2. The number of amides is 2. The Balaban J connectivity index is 1.53.